The maximum absolute atomic E-state index is 10.7. The van der Waals surface area contributed by atoms with E-state index in [4.69, 9.17) is 5.11 Å². The van der Waals surface area contributed by atoms with Crippen LogP contribution in [0.3, 0.4) is 0 Å². The minimum Gasteiger partial charge on any atom is -0.481 e. The Hall–Kier alpha value is -1.12. The predicted octanol–water partition coefficient (Wildman–Crippen LogP) is 3.09. The molecule has 0 radical (unpaired) electrons. The van der Waals surface area contributed by atoms with Gasteiger partial charge in [-0.3, -0.25) is 9.59 Å². The van der Waals surface area contributed by atoms with E-state index in [1.54, 1.807) is 0 Å². The number of carbonyl (C=O) groups excluding carboxylic acids is 1. The zero-order chi connectivity index (χ0) is 11.8. The smallest absolute Gasteiger partial charge is 0.303 e. The molecular weight excluding hydrogens is 204 g/mol. The molecule has 0 spiro atoms. The van der Waals surface area contributed by atoms with E-state index in [0.717, 1.165) is 63.2 Å². The van der Waals surface area contributed by atoms with Crippen molar-refractivity contribution in [3.05, 3.63) is 11.1 Å². The van der Waals surface area contributed by atoms with Gasteiger partial charge in [0, 0.05) is 6.42 Å². The Morgan fingerprint density at radius 2 is 1.94 bits per heavy atom. The van der Waals surface area contributed by atoms with Gasteiger partial charge >= 0.3 is 5.97 Å². The molecule has 0 aromatic heterocycles. The van der Waals surface area contributed by atoms with Crippen LogP contribution in [0.2, 0.25) is 0 Å². The van der Waals surface area contributed by atoms with Crippen LogP contribution < -0.4 is 0 Å². The van der Waals surface area contributed by atoms with Crippen LogP contribution in [0.25, 0.3) is 0 Å². The Morgan fingerprint density at radius 1 is 1.19 bits per heavy atom. The Bertz CT molecular complexity index is 279. The number of unbranched alkanes of at least 4 members (excludes halogenated alkanes) is 3. The van der Waals surface area contributed by atoms with Crippen molar-refractivity contribution in [2.75, 3.05) is 0 Å². The molecule has 0 saturated heterocycles. The van der Waals surface area contributed by atoms with Crippen molar-refractivity contribution in [1.29, 1.82) is 0 Å². The van der Waals surface area contributed by atoms with Crippen molar-refractivity contribution in [1.82, 2.24) is 0 Å². The van der Waals surface area contributed by atoms with Crippen LogP contribution in [0.4, 0.5) is 0 Å². The lowest BCUT2D eigenvalue weighted by Gasteiger charge is -2.03. The average molecular weight is 224 g/mol. The van der Waals surface area contributed by atoms with E-state index in [-0.39, 0.29) is 6.42 Å². The summed E-state index contributed by atoms with van der Waals surface area (Å²) in [5, 5.41) is 8.46. The highest BCUT2D eigenvalue weighted by molar-refractivity contribution is 5.75. The first kappa shape index (κ1) is 12.9. The third-order valence-electron chi connectivity index (χ3n) is 3.14. The van der Waals surface area contributed by atoms with E-state index in [9.17, 15) is 9.59 Å². The Morgan fingerprint density at radius 3 is 2.62 bits per heavy atom. The normalized spacial score (nSPS) is 15.5. The molecule has 1 N–H and O–H groups in total. The van der Waals surface area contributed by atoms with Crippen molar-refractivity contribution >= 4 is 12.3 Å². The van der Waals surface area contributed by atoms with Crippen molar-refractivity contribution in [3.63, 3.8) is 0 Å². The lowest BCUT2D eigenvalue weighted by atomic mass is 10.0. The molecule has 0 heterocycles. The van der Waals surface area contributed by atoms with Gasteiger partial charge in [0.25, 0.3) is 0 Å². The molecule has 0 unspecified atom stereocenters. The van der Waals surface area contributed by atoms with Gasteiger partial charge in [-0.15, -0.1) is 0 Å². The molecule has 90 valence electrons. The summed E-state index contributed by atoms with van der Waals surface area (Å²) >= 11 is 0. The Balaban J connectivity index is 2.07. The van der Waals surface area contributed by atoms with E-state index < -0.39 is 5.97 Å². The first-order valence-electron chi connectivity index (χ1n) is 6.12. The SMILES string of the molecule is O=CC1=C(CCCCCCC(=O)O)CCC1. The molecule has 3 heteroatoms. The number of rotatable bonds is 8. The summed E-state index contributed by atoms with van der Waals surface area (Å²) in [5.74, 6) is -0.707. The van der Waals surface area contributed by atoms with Crippen LogP contribution in [-0.4, -0.2) is 17.4 Å². The van der Waals surface area contributed by atoms with Crippen molar-refractivity contribution in [2.24, 2.45) is 0 Å². The van der Waals surface area contributed by atoms with Crippen molar-refractivity contribution in [3.8, 4) is 0 Å². The number of carboxylic acid groups (broad SMARTS) is 1. The summed E-state index contributed by atoms with van der Waals surface area (Å²) < 4.78 is 0. The number of allylic oxidation sites excluding steroid dienone is 2. The highest BCUT2D eigenvalue weighted by Crippen LogP contribution is 2.28. The van der Waals surface area contributed by atoms with Crippen molar-refractivity contribution in [2.45, 2.75) is 57.8 Å². The molecule has 0 aromatic carbocycles. The summed E-state index contributed by atoms with van der Waals surface area (Å²) in [5.41, 5.74) is 2.36. The third-order valence-corrected chi connectivity index (χ3v) is 3.14. The second-order valence-corrected chi connectivity index (χ2v) is 4.41. The lowest BCUT2D eigenvalue weighted by molar-refractivity contribution is -0.137. The number of hydrogen-bond donors (Lipinski definition) is 1. The molecule has 16 heavy (non-hydrogen) atoms. The monoisotopic (exact) mass is 224 g/mol. The van der Waals surface area contributed by atoms with E-state index in [2.05, 4.69) is 0 Å². The summed E-state index contributed by atoms with van der Waals surface area (Å²) in [6, 6.07) is 0. The molecule has 3 nitrogen and oxygen atoms in total. The maximum Gasteiger partial charge on any atom is 0.303 e. The fourth-order valence-electron chi connectivity index (χ4n) is 2.23. The first-order chi connectivity index (χ1) is 7.74. The average Bonchev–Trinajstić information content (AvgIpc) is 2.70. The number of carboxylic acids is 1. The van der Waals surface area contributed by atoms with Gasteiger partial charge in [0.05, 0.1) is 0 Å². The van der Waals surface area contributed by atoms with Crippen LogP contribution in [0.5, 0.6) is 0 Å². The number of aliphatic carboxylic acids is 1. The van der Waals surface area contributed by atoms with E-state index >= 15 is 0 Å². The van der Waals surface area contributed by atoms with Crippen LogP contribution in [0.15, 0.2) is 11.1 Å². The lowest BCUT2D eigenvalue weighted by Crippen LogP contribution is -1.93. The van der Waals surface area contributed by atoms with E-state index in [1.165, 1.54) is 5.57 Å². The van der Waals surface area contributed by atoms with Gasteiger partial charge in [0.1, 0.15) is 6.29 Å². The molecule has 1 rings (SSSR count). The van der Waals surface area contributed by atoms with Crippen LogP contribution >= 0.6 is 0 Å². The maximum atomic E-state index is 10.7. The van der Waals surface area contributed by atoms with Gasteiger partial charge < -0.3 is 5.11 Å². The van der Waals surface area contributed by atoms with Crippen LogP contribution in [0.1, 0.15) is 57.8 Å². The summed E-state index contributed by atoms with van der Waals surface area (Å²) in [6.07, 6.45) is 9.40. The van der Waals surface area contributed by atoms with Crippen LogP contribution in [0, 0.1) is 0 Å². The standard InChI is InChI=1S/C13H20O3/c14-10-12-8-5-7-11(12)6-3-1-2-4-9-13(15)16/h10H,1-9H2,(H,15,16). The van der Waals surface area contributed by atoms with Crippen molar-refractivity contribution < 1.29 is 14.7 Å². The second kappa shape index (κ2) is 7.20. The van der Waals surface area contributed by atoms with Gasteiger partial charge in [-0.1, -0.05) is 18.4 Å². The summed E-state index contributed by atoms with van der Waals surface area (Å²) in [7, 11) is 0. The minimum absolute atomic E-state index is 0.280. The molecule has 1 aliphatic rings. The highest BCUT2D eigenvalue weighted by atomic mass is 16.4. The number of hydrogen-bond acceptors (Lipinski definition) is 2. The van der Waals surface area contributed by atoms with Gasteiger partial charge in [-0.05, 0) is 44.1 Å². The molecule has 0 atom stereocenters. The topological polar surface area (TPSA) is 54.4 Å². The number of carbonyl (C=O) groups is 2. The van der Waals surface area contributed by atoms with Gasteiger partial charge in [0.2, 0.25) is 0 Å². The fourth-order valence-corrected chi connectivity index (χ4v) is 2.23. The quantitative estimate of drug-likeness (QED) is 0.509. The zero-order valence-electron chi connectivity index (χ0n) is 9.71. The van der Waals surface area contributed by atoms with E-state index in [1.807, 2.05) is 0 Å². The molecule has 0 bridgehead atoms. The third kappa shape index (κ3) is 4.60. The molecule has 0 fully saturated rings. The Labute approximate surface area is 96.5 Å². The van der Waals surface area contributed by atoms with Gasteiger partial charge in [-0.25, -0.2) is 0 Å². The largest absolute Gasteiger partial charge is 0.481 e. The minimum atomic E-state index is -0.707. The molecule has 0 saturated carbocycles. The fraction of sp³-hybridized carbons (Fsp3) is 0.692. The van der Waals surface area contributed by atoms with Crippen LogP contribution in [-0.2, 0) is 9.59 Å². The van der Waals surface area contributed by atoms with Gasteiger partial charge in [0.15, 0.2) is 0 Å². The molecular formula is C13H20O3. The predicted molar refractivity (Wildman–Crippen MR) is 62.3 cm³/mol. The molecule has 1 aliphatic carbocycles. The molecule has 0 aliphatic heterocycles. The summed E-state index contributed by atoms with van der Waals surface area (Å²) in [4.78, 5) is 21.0. The van der Waals surface area contributed by atoms with E-state index in [0.29, 0.717) is 0 Å². The summed E-state index contributed by atoms with van der Waals surface area (Å²) in [6.45, 7) is 0. The number of aldehydes is 1. The molecule has 0 amide bonds. The highest BCUT2D eigenvalue weighted by Gasteiger charge is 2.12. The second-order valence-electron chi connectivity index (χ2n) is 4.41. The zero-order valence-corrected chi connectivity index (χ0v) is 9.71. The Kier molecular flexibility index (Phi) is 5.83. The first-order valence-corrected chi connectivity index (χ1v) is 6.12. The molecule has 0 aromatic rings. The van der Waals surface area contributed by atoms with Gasteiger partial charge in [-0.2, -0.15) is 0 Å².